The second-order valence-corrected chi connectivity index (χ2v) is 5.68. The van der Waals surface area contributed by atoms with Gasteiger partial charge in [-0.15, -0.1) is 0 Å². The normalized spacial score (nSPS) is 32.8. The zero-order valence-electron chi connectivity index (χ0n) is 11.4. The van der Waals surface area contributed by atoms with Crippen LogP contribution in [0.2, 0.25) is 0 Å². The highest BCUT2D eigenvalue weighted by Crippen LogP contribution is 2.40. The number of ether oxygens (including phenoxy) is 2. The number of furan rings is 1. The Morgan fingerprint density at radius 1 is 1.42 bits per heavy atom. The van der Waals surface area contributed by atoms with Crippen LogP contribution in [0.25, 0.3) is 0 Å². The Morgan fingerprint density at radius 3 is 2.95 bits per heavy atom. The maximum atomic E-state index is 5.97. The Kier molecular flexibility index (Phi) is 3.62. The van der Waals surface area contributed by atoms with Crippen LogP contribution in [-0.4, -0.2) is 25.4 Å². The number of aryl methyl sites for hydroxylation is 1. The van der Waals surface area contributed by atoms with Crippen molar-refractivity contribution < 1.29 is 13.9 Å². The Bertz CT molecular complexity index is 426. The van der Waals surface area contributed by atoms with Gasteiger partial charge in [-0.1, -0.05) is 0 Å². The Balaban J connectivity index is 1.76. The number of rotatable bonds is 3. The van der Waals surface area contributed by atoms with Gasteiger partial charge in [0, 0.05) is 19.6 Å². The highest BCUT2D eigenvalue weighted by atomic mass is 16.6. The molecule has 106 valence electrons. The number of nitrogens with two attached hydrogens (primary N) is 1. The molecule has 3 unspecified atom stereocenters. The molecule has 0 aliphatic carbocycles. The lowest BCUT2D eigenvalue weighted by atomic mass is 9.80. The molecular formula is C14H22N2O3. The summed E-state index contributed by atoms with van der Waals surface area (Å²) in [6.07, 6.45) is 2.95. The zero-order chi connectivity index (χ0) is 13.3. The van der Waals surface area contributed by atoms with Crippen LogP contribution in [0, 0.1) is 12.8 Å². The van der Waals surface area contributed by atoms with Crippen molar-refractivity contribution in [2.45, 2.75) is 37.8 Å². The number of hydrogen-bond acceptors (Lipinski definition) is 5. The molecule has 5 heteroatoms. The van der Waals surface area contributed by atoms with Gasteiger partial charge in [0.2, 0.25) is 0 Å². The van der Waals surface area contributed by atoms with Gasteiger partial charge in [-0.25, -0.2) is 5.43 Å². The SMILES string of the molecule is Cc1ccc(C(NN)C2CCOC3(CCOC3)C2)o1. The summed E-state index contributed by atoms with van der Waals surface area (Å²) in [7, 11) is 0. The molecule has 2 aliphatic heterocycles. The molecule has 2 saturated heterocycles. The van der Waals surface area contributed by atoms with Crippen molar-refractivity contribution in [1.29, 1.82) is 0 Å². The first-order valence-corrected chi connectivity index (χ1v) is 6.97. The van der Waals surface area contributed by atoms with Gasteiger partial charge in [-0.3, -0.25) is 5.84 Å². The third kappa shape index (κ3) is 2.56. The molecule has 19 heavy (non-hydrogen) atoms. The van der Waals surface area contributed by atoms with Gasteiger partial charge in [0.1, 0.15) is 11.5 Å². The number of hydrogen-bond donors (Lipinski definition) is 2. The summed E-state index contributed by atoms with van der Waals surface area (Å²) in [4.78, 5) is 0. The molecule has 3 rings (SSSR count). The lowest BCUT2D eigenvalue weighted by molar-refractivity contribution is -0.104. The first-order chi connectivity index (χ1) is 9.22. The van der Waals surface area contributed by atoms with Crippen molar-refractivity contribution >= 4 is 0 Å². The van der Waals surface area contributed by atoms with E-state index in [2.05, 4.69) is 5.43 Å². The fraction of sp³-hybridized carbons (Fsp3) is 0.714. The van der Waals surface area contributed by atoms with Crippen LogP contribution in [0.5, 0.6) is 0 Å². The quantitative estimate of drug-likeness (QED) is 0.643. The van der Waals surface area contributed by atoms with Crippen molar-refractivity contribution in [2.24, 2.45) is 11.8 Å². The van der Waals surface area contributed by atoms with Gasteiger partial charge in [-0.2, -0.15) is 0 Å². The van der Waals surface area contributed by atoms with Crippen molar-refractivity contribution in [3.05, 3.63) is 23.7 Å². The van der Waals surface area contributed by atoms with E-state index >= 15 is 0 Å². The molecule has 0 aromatic carbocycles. The van der Waals surface area contributed by atoms with Crippen LogP contribution < -0.4 is 11.3 Å². The van der Waals surface area contributed by atoms with Crippen molar-refractivity contribution in [1.82, 2.24) is 5.43 Å². The Labute approximate surface area is 113 Å². The highest BCUT2D eigenvalue weighted by Gasteiger charge is 2.43. The first-order valence-electron chi connectivity index (χ1n) is 6.97. The van der Waals surface area contributed by atoms with E-state index in [1.807, 2.05) is 19.1 Å². The van der Waals surface area contributed by atoms with E-state index in [9.17, 15) is 0 Å². The molecule has 2 aliphatic rings. The van der Waals surface area contributed by atoms with Crippen LogP contribution in [0.3, 0.4) is 0 Å². The van der Waals surface area contributed by atoms with E-state index < -0.39 is 0 Å². The fourth-order valence-corrected chi connectivity index (χ4v) is 3.28. The average molecular weight is 266 g/mol. The molecule has 1 spiro atoms. The van der Waals surface area contributed by atoms with E-state index in [1.165, 1.54) is 0 Å². The second-order valence-electron chi connectivity index (χ2n) is 5.68. The molecule has 1 aromatic heterocycles. The topological polar surface area (TPSA) is 69.7 Å². The van der Waals surface area contributed by atoms with Gasteiger partial charge in [-0.05, 0) is 37.8 Å². The molecule has 2 fully saturated rings. The van der Waals surface area contributed by atoms with Gasteiger partial charge in [0.05, 0.1) is 18.2 Å². The van der Waals surface area contributed by atoms with E-state index in [1.54, 1.807) is 0 Å². The number of nitrogens with one attached hydrogen (secondary N) is 1. The summed E-state index contributed by atoms with van der Waals surface area (Å²) in [6.45, 7) is 4.23. The predicted octanol–water partition coefficient (Wildman–Crippen LogP) is 1.68. The average Bonchev–Trinajstić information content (AvgIpc) is 3.01. The summed E-state index contributed by atoms with van der Waals surface area (Å²) < 4.78 is 17.2. The van der Waals surface area contributed by atoms with Crippen LogP contribution in [0.1, 0.15) is 36.8 Å². The summed E-state index contributed by atoms with van der Waals surface area (Å²) in [6, 6.07) is 4.04. The minimum atomic E-state index is -0.0976. The molecular weight excluding hydrogens is 244 g/mol. The largest absolute Gasteiger partial charge is 0.465 e. The molecule has 0 radical (unpaired) electrons. The van der Waals surface area contributed by atoms with Crippen molar-refractivity contribution in [3.8, 4) is 0 Å². The lowest BCUT2D eigenvalue weighted by Crippen LogP contribution is -2.45. The molecule has 1 aromatic rings. The molecule has 3 atom stereocenters. The molecule has 3 heterocycles. The smallest absolute Gasteiger partial charge is 0.122 e. The van der Waals surface area contributed by atoms with Gasteiger partial charge >= 0.3 is 0 Å². The standard InChI is InChI=1S/C14H22N2O3/c1-10-2-3-12(19-10)13(16-15)11-4-6-18-14(8-11)5-7-17-9-14/h2-3,11,13,16H,4-9,15H2,1H3. The van der Waals surface area contributed by atoms with Crippen LogP contribution >= 0.6 is 0 Å². The third-order valence-electron chi connectivity index (χ3n) is 4.32. The third-order valence-corrected chi connectivity index (χ3v) is 4.32. The highest BCUT2D eigenvalue weighted by molar-refractivity contribution is 5.11. The van der Waals surface area contributed by atoms with Crippen LogP contribution in [0.4, 0.5) is 0 Å². The van der Waals surface area contributed by atoms with E-state index in [0.717, 1.165) is 44.0 Å². The van der Waals surface area contributed by atoms with Gasteiger partial charge in [0.25, 0.3) is 0 Å². The summed E-state index contributed by atoms with van der Waals surface area (Å²) in [5.74, 6) is 8.01. The van der Waals surface area contributed by atoms with Gasteiger partial charge in [0.15, 0.2) is 0 Å². The van der Waals surface area contributed by atoms with Crippen LogP contribution in [0.15, 0.2) is 16.5 Å². The van der Waals surface area contributed by atoms with Crippen molar-refractivity contribution in [2.75, 3.05) is 19.8 Å². The van der Waals surface area contributed by atoms with Crippen LogP contribution in [-0.2, 0) is 9.47 Å². The summed E-state index contributed by atoms with van der Waals surface area (Å²) in [5.41, 5.74) is 2.82. The van der Waals surface area contributed by atoms with Crippen molar-refractivity contribution in [3.63, 3.8) is 0 Å². The first kappa shape index (κ1) is 13.1. The Hall–Kier alpha value is -0.880. The zero-order valence-corrected chi connectivity index (χ0v) is 11.4. The molecule has 0 amide bonds. The summed E-state index contributed by atoms with van der Waals surface area (Å²) >= 11 is 0. The molecule has 3 N–H and O–H groups in total. The fourth-order valence-electron chi connectivity index (χ4n) is 3.28. The molecule has 0 bridgehead atoms. The second kappa shape index (κ2) is 5.25. The van der Waals surface area contributed by atoms with E-state index in [-0.39, 0.29) is 11.6 Å². The predicted molar refractivity (Wildman–Crippen MR) is 70.4 cm³/mol. The van der Waals surface area contributed by atoms with E-state index in [0.29, 0.717) is 12.5 Å². The number of hydrazine groups is 1. The maximum Gasteiger partial charge on any atom is 0.122 e. The monoisotopic (exact) mass is 266 g/mol. The lowest BCUT2D eigenvalue weighted by Gasteiger charge is -2.39. The Morgan fingerprint density at radius 2 is 2.32 bits per heavy atom. The van der Waals surface area contributed by atoms with E-state index in [4.69, 9.17) is 19.7 Å². The minimum Gasteiger partial charge on any atom is -0.465 e. The summed E-state index contributed by atoms with van der Waals surface area (Å²) in [5, 5.41) is 0. The molecule has 5 nitrogen and oxygen atoms in total. The minimum absolute atomic E-state index is 0.0510. The van der Waals surface area contributed by atoms with Gasteiger partial charge < -0.3 is 13.9 Å². The maximum absolute atomic E-state index is 5.97. The molecule has 0 saturated carbocycles.